The van der Waals surface area contributed by atoms with E-state index in [0.717, 1.165) is 6.07 Å². The molecule has 1 atom stereocenters. The second-order valence-corrected chi connectivity index (χ2v) is 6.90. The molecule has 1 saturated heterocycles. The Balaban J connectivity index is 1.55. The molecule has 0 bridgehead atoms. The number of nitrogens with zero attached hydrogens (tertiary/aromatic N) is 3. The summed E-state index contributed by atoms with van der Waals surface area (Å²) in [5.74, 6) is -2.71. The number of piperidine rings is 1. The van der Waals surface area contributed by atoms with Gasteiger partial charge in [0.15, 0.2) is 0 Å². The molecule has 1 aromatic heterocycles. The maximum absolute atomic E-state index is 13.9. The van der Waals surface area contributed by atoms with E-state index in [1.807, 2.05) is 0 Å². The fraction of sp³-hybridized carbons (Fsp3) is 0.421. The molecule has 3 rings (SSSR count). The number of carbonyl (C=O) groups is 2. The second-order valence-electron chi connectivity index (χ2n) is 6.90. The van der Waals surface area contributed by atoms with Gasteiger partial charge in [-0.05, 0) is 30.4 Å². The Morgan fingerprint density at radius 3 is 2.59 bits per heavy atom. The number of aromatic nitrogens is 2. The van der Waals surface area contributed by atoms with Crippen molar-refractivity contribution in [3.05, 3.63) is 53.4 Å². The minimum atomic E-state index is -1.02. The molecule has 1 unspecified atom stereocenters. The highest BCUT2D eigenvalue weighted by atomic mass is 19.1. The average molecular weight is 377 g/mol. The summed E-state index contributed by atoms with van der Waals surface area (Å²) in [7, 11) is 0. The summed E-state index contributed by atoms with van der Waals surface area (Å²) in [6.07, 6.45) is 4.32. The van der Waals surface area contributed by atoms with Gasteiger partial charge in [-0.15, -0.1) is 0 Å². The predicted octanol–water partition coefficient (Wildman–Crippen LogP) is 3.22. The lowest BCUT2D eigenvalue weighted by Crippen LogP contribution is -2.39. The Hall–Kier alpha value is -2.77. The van der Waals surface area contributed by atoms with Gasteiger partial charge in [0.2, 0.25) is 5.91 Å². The van der Waals surface area contributed by atoms with Crippen molar-refractivity contribution in [1.29, 1.82) is 0 Å². The van der Waals surface area contributed by atoms with E-state index in [4.69, 9.17) is 5.11 Å². The van der Waals surface area contributed by atoms with Crippen molar-refractivity contribution in [3.63, 3.8) is 0 Å². The standard InChI is InChI=1S/C19H21F2N3O3/c1-12(16-3-2-14(20)9-17(16)21)8-18(25)23-6-4-15(5-7-23)24-11-13(10-22-24)19(26)27/h2-3,9-12,15H,4-8H2,1H3,(H,26,27). The van der Waals surface area contributed by atoms with Gasteiger partial charge in [0, 0.05) is 31.8 Å². The fourth-order valence-corrected chi connectivity index (χ4v) is 3.43. The molecule has 1 N–H and O–H groups in total. The third kappa shape index (κ3) is 4.32. The number of benzene rings is 1. The minimum Gasteiger partial charge on any atom is -0.478 e. The number of rotatable bonds is 5. The van der Waals surface area contributed by atoms with Crippen molar-refractivity contribution < 1.29 is 23.5 Å². The Labute approximate surface area is 155 Å². The van der Waals surface area contributed by atoms with E-state index in [0.29, 0.717) is 31.5 Å². The molecule has 1 aromatic carbocycles. The van der Waals surface area contributed by atoms with Crippen molar-refractivity contribution >= 4 is 11.9 Å². The predicted molar refractivity (Wildman–Crippen MR) is 93.4 cm³/mol. The van der Waals surface area contributed by atoms with Gasteiger partial charge in [0.1, 0.15) is 11.6 Å². The highest BCUT2D eigenvalue weighted by molar-refractivity contribution is 5.86. The molecular weight excluding hydrogens is 356 g/mol. The second kappa shape index (κ2) is 7.85. The third-order valence-corrected chi connectivity index (χ3v) is 5.01. The van der Waals surface area contributed by atoms with E-state index in [9.17, 15) is 18.4 Å². The van der Waals surface area contributed by atoms with Crippen LogP contribution in [0.4, 0.5) is 8.78 Å². The number of aromatic carboxylic acids is 1. The van der Waals surface area contributed by atoms with Crippen molar-refractivity contribution in [3.8, 4) is 0 Å². The smallest absolute Gasteiger partial charge is 0.338 e. The van der Waals surface area contributed by atoms with E-state index in [1.165, 1.54) is 24.5 Å². The van der Waals surface area contributed by atoms with Crippen LogP contribution >= 0.6 is 0 Å². The Bertz CT molecular complexity index is 844. The Kier molecular flexibility index (Phi) is 5.53. The van der Waals surface area contributed by atoms with Gasteiger partial charge >= 0.3 is 5.97 Å². The summed E-state index contributed by atoms with van der Waals surface area (Å²) in [6.45, 7) is 2.81. The zero-order chi connectivity index (χ0) is 19.6. The van der Waals surface area contributed by atoms with Crippen LogP contribution in [0.15, 0.2) is 30.6 Å². The zero-order valence-corrected chi connectivity index (χ0v) is 14.9. The quantitative estimate of drug-likeness (QED) is 0.868. The minimum absolute atomic E-state index is 0.0501. The van der Waals surface area contributed by atoms with Gasteiger partial charge in [-0.1, -0.05) is 13.0 Å². The molecule has 1 fully saturated rings. The Morgan fingerprint density at radius 1 is 1.30 bits per heavy atom. The Morgan fingerprint density at radius 2 is 2.00 bits per heavy atom. The lowest BCUT2D eigenvalue weighted by molar-refractivity contribution is -0.132. The van der Waals surface area contributed by atoms with Crippen LogP contribution in [0.5, 0.6) is 0 Å². The molecule has 144 valence electrons. The summed E-state index contributed by atoms with van der Waals surface area (Å²) in [5, 5.41) is 13.1. The molecule has 27 heavy (non-hydrogen) atoms. The topological polar surface area (TPSA) is 75.4 Å². The summed E-state index contributed by atoms with van der Waals surface area (Å²) in [6, 6.07) is 3.46. The van der Waals surface area contributed by atoms with E-state index in [1.54, 1.807) is 16.5 Å². The summed E-state index contributed by atoms with van der Waals surface area (Å²) < 4.78 is 28.5. The summed E-state index contributed by atoms with van der Waals surface area (Å²) >= 11 is 0. The normalized spacial score (nSPS) is 16.3. The number of carboxylic acids is 1. The molecule has 0 radical (unpaired) electrons. The van der Waals surface area contributed by atoms with Crippen LogP contribution in [0.1, 0.15) is 54.1 Å². The van der Waals surface area contributed by atoms with Gasteiger partial charge < -0.3 is 10.0 Å². The van der Waals surface area contributed by atoms with Crippen molar-refractivity contribution in [2.45, 2.75) is 38.1 Å². The first-order valence-corrected chi connectivity index (χ1v) is 8.85. The number of hydrogen-bond donors (Lipinski definition) is 1. The molecule has 6 nitrogen and oxygen atoms in total. The van der Waals surface area contributed by atoms with Crippen LogP contribution in [-0.4, -0.2) is 44.8 Å². The molecule has 2 heterocycles. The monoisotopic (exact) mass is 377 g/mol. The number of carbonyl (C=O) groups excluding carboxylic acids is 1. The van der Waals surface area contributed by atoms with E-state index in [2.05, 4.69) is 5.10 Å². The number of amides is 1. The molecule has 8 heteroatoms. The fourth-order valence-electron chi connectivity index (χ4n) is 3.43. The van der Waals surface area contributed by atoms with Crippen molar-refractivity contribution in [1.82, 2.24) is 14.7 Å². The van der Waals surface area contributed by atoms with Crippen LogP contribution in [-0.2, 0) is 4.79 Å². The van der Waals surface area contributed by atoms with Crippen molar-refractivity contribution in [2.24, 2.45) is 0 Å². The maximum Gasteiger partial charge on any atom is 0.338 e. The maximum atomic E-state index is 13.9. The lowest BCUT2D eigenvalue weighted by atomic mass is 9.95. The van der Waals surface area contributed by atoms with Crippen molar-refractivity contribution in [2.75, 3.05) is 13.1 Å². The molecule has 2 aromatic rings. The molecule has 0 aliphatic carbocycles. The number of halogens is 2. The molecule has 1 aliphatic heterocycles. The van der Waals surface area contributed by atoms with Crippen LogP contribution in [0, 0.1) is 11.6 Å². The zero-order valence-electron chi connectivity index (χ0n) is 14.9. The van der Waals surface area contributed by atoms with Gasteiger partial charge in [-0.25, -0.2) is 13.6 Å². The van der Waals surface area contributed by atoms with Crippen LogP contribution in [0.25, 0.3) is 0 Å². The number of likely N-dealkylation sites (tertiary alicyclic amines) is 1. The first-order chi connectivity index (χ1) is 12.8. The SMILES string of the molecule is CC(CC(=O)N1CCC(n2cc(C(=O)O)cn2)CC1)c1ccc(F)cc1F. The van der Waals surface area contributed by atoms with Gasteiger partial charge in [-0.3, -0.25) is 9.48 Å². The van der Waals surface area contributed by atoms with Gasteiger partial charge in [0.25, 0.3) is 0 Å². The molecule has 1 aliphatic rings. The van der Waals surface area contributed by atoms with Gasteiger partial charge in [0.05, 0.1) is 17.8 Å². The first kappa shape index (κ1) is 19.0. The van der Waals surface area contributed by atoms with Crippen LogP contribution in [0.3, 0.4) is 0 Å². The highest BCUT2D eigenvalue weighted by Crippen LogP contribution is 2.26. The summed E-state index contributed by atoms with van der Waals surface area (Å²) in [4.78, 5) is 25.2. The number of carboxylic acid groups (broad SMARTS) is 1. The van der Waals surface area contributed by atoms with Gasteiger partial charge in [-0.2, -0.15) is 5.10 Å². The van der Waals surface area contributed by atoms with E-state index < -0.39 is 17.6 Å². The number of hydrogen-bond acceptors (Lipinski definition) is 3. The third-order valence-electron chi connectivity index (χ3n) is 5.01. The average Bonchev–Trinajstić information content (AvgIpc) is 3.12. The molecular formula is C19H21F2N3O3. The molecule has 1 amide bonds. The van der Waals surface area contributed by atoms with Crippen LogP contribution < -0.4 is 0 Å². The first-order valence-electron chi connectivity index (χ1n) is 8.85. The highest BCUT2D eigenvalue weighted by Gasteiger charge is 2.26. The summed E-state index contributed by atoms with van der Waals surface area (Å²) in [5.41, 5.74) is 0.473. The van der Waals surface area contributed by atoms with E-state index in [-0.39, 0.29) is 29.9 Å². The largest absolute Gasteiger partial charge is 0.478 e. The molecule has 0 saturated carbocycles. The molecule has 0 spiro atoms. The van der Waals surface area contributed by atoms with E-state index >= 15 is 0 Å². The van der Waals surface area contributed by atoms with Crippen LogP contribution in [0.2, 0.25) is 0 Å². The lowest BCUT2D eigenvalue weighted by Gasteiger charge is -2.32.